The molecule has 0 saturated heterocycles. The summed E-state index contributed by atoms with van der Waals surface area (Å²) in [4.78, 5) is 37.1. The number of alkyl halides is 3. The summed E-state index contributed by atoms with van der Waals surface area (Å²) in [5.74, 6) is -2.72. The Balaban J connectivity index is 0.000000344. The van der Waals surface area contributed by atoms with Crippen molar-refractivity contribution < 1.29 is 27.9 Å². The van der Waals surface area contributed by atoms with Crippen LogP contribution in [-0.4, -0.2) is 49.6 Å². The first-order chi connectivity index (χ1) is 16.2. The van der Waals surface area contributed by atoms with Crippen molar-refractivity contribution in [2.24, 2.45) is 0 Å². The third-order valence-corrected chi connectivity index (χ3v) is 6.12. The van der Waals surface area contributed by atoms with Crippen LogP contribution < -0.4 is 0 Å². The molecular formula is C23H17F3N4O3S. The number of carbonyl (C=O) groups is 2. The zero-order valence-electron chi connectivity index (χ0n) is 17.5. The molecule has 0 spiro atoms. The van der Waals surface area contributed by atoms with Crippen molar-refractivity contribution in [3.63, 3.8) is 0 Å². The van der Waals surface area contributed by atoms with Crippen LogP contribution in [0.2, 0.25) is 0 Å². The van der Waals surface area contributed by atoms with E-state index in [1.165, 1.54) is 4.70 Å². The Morgan fingerprint density at radius 2 is 1.88 bits per heavy atom. The van der Waals surface area contributed by atoms with Crippen LogP contribution >= 0.6 is 11.3 Å². The van der Waals surface area contributed by atoms with E-state index >= 15 is 0 Å². The van der Waals surface area contributed by atoms with Crippen LogP contribution in [-0.2, 0) is 17.8 Å². The highest BCUT2D eigenvalue weighted by molar-refractivity contribution is 7.18. The highest BCUT2D eigenvalue weighted by Gasteiger charge is 2.38. The Hall–Kier alpha value is -3.86. The second-order valence-electron chi connectivity index (χ2n) is 7.28. The number of para-hydroxylation sites is 1. The number of carbonyl (C=O) groups excluding carboxylic acids is 1. The van der Waals surface area contributed by atoms with Gasteiger partial charge in [-0.25, -0.2) is 9.78 Å². The van der Waals surface area contributed by atoms with Gasteiger partial charge in [-0.15, -0.1) is 11.3 Å². The fraction of sp³-hybridized carbons (Fsp3) is 0.174. The quantitative estimate of drug-likeness (QED) is 0.454. The number of hydrogen-bond acceptors (Lipinski definition) is 6. The maximum Gasteiger partial charge on any atom is 0.490 e. The number of nitrogens with zero attached hydrogens (tertiary/aromatic N) is 4. The van der Waals surface area contributed by atoms with Gasteiger partial charge in [0.05, 0.1) is 33.0 Å². The minimum Gasteiger partial charge on any atom is -0.475 e. The first-order valence-electron chi connectivity index (χ1n) is 10.1. The van der Waals surface area contributed by atoms with Gasteiger partial charge in [0, 0.05) is 37.1 Å². The molecule has 5 rings (SSSR count). The maximum atomic E-state index is 13.0. The monoisotopic (exact) mass is 486 g/mol. The molecule has 1 aliphatic rings. The van der Waals surface area contributed by atoms with Crippen LogP contribution in [0.4, 0.5) is 13.2 Å². The number of rotatable bonds is 4. The molecular weight excluding hydrogens is 469 g/mol. The first-order valence-corrected chi connectivity index (χ1v) is 10.9. The smallest absolute Gasteiger partial charge is 0.475 e. The predicted molar refractivity (Wildman–Crippen MR) is 119 cm³/mol. The number of carboxylic acid groups (broad SMARTS) is 1. The molecule has 0 fully saturated rings. The van der Waals surface area contributed by atoms with Crippen molar-refractivity contribution in [1.82, 2.24) is 19.9 Å². The molecule has 174 valence electrons. The van der Waals surface area contributed by atoms with Gasteiger partial charge in [0.15, 0.2) is 0 Å². The van der Waals surface area contributed by atoms with Crippen molar-refractivity contribution in [2.45, 2.75) is 19.1 Å². The summed E-state index contributed by atoms with van der Waals surface area (Å²) in [5.41, 5.74) is 4.41. The van der Waals surface area contributed by atoms with Gasteiger partial charge in [0.2, 0.25) is 0 Å². The van der Waals surface area contributed by atoms with Crippen molar-refractivity contribution in [3.8, 4) is 11.1 Å². The molecule has 1 aliphatic heterocycles. The summed E-state index contributed by atoms with van der Waals surface area (Å²) >= 11 is 1.69. The van der Waals surface area contributed by atoms with Crippen LogP contribution in [0, 0.1) is 0 Å². The van der Waals surface area contributed by atoms with Crippen LogP contribution in [0.15, 0.2) is 61.1 Å². The largest absolute Gasteiger partial charge is 0.490 e. The molecule has 0 radical (unpaired) electrons. The summed E-state index contributed by atoms with van der Waals surface area (Å²) in [7, 11) is 0. The lowest BCUT2D eigenvalue weighted by Gasteiger charge is -2.14. The second-order valence-corrected chi connectivity index (χ2v) is 8.39. The van der Waals surface area contributed by atoms with E-state index in [1.807, 2.05) is 41.3 Å². The van der Waals surface area contributed by atoms with Gasteiger partial charge in [-0.3, -0.25) is 14.8 Å². The minimum absolute atomic E-state index is 0.0399. The topological polar surface area (TPSA) is 96.3 Å². The molecule has 0 atom stereocenters. The van der Waals surface area contributed by atoms with E-state index in [9.17, 15) is 18.0 Å². The Kier molecular flexibility index (Phi) is 6.55. The molecule has 4 aromatic rings. The number of thiazole rings is 1. The molecule has 11 heteroatoms. The zero-order valence-corrected chi connectivity index (χ0v) is 18.3. The van der Waals surface area contributed by atoms with Gasteiger partial charge < -0.3 is 10.0 Å². The molecule has 7 nitrogen and oxygen atoms in total. The van der Waals surface area contributed by atoms with E-state index < -0.39 is 12.1 Å². The van der Waals surface area contributed by atoms with E-state index in [0.29, 0.717) is 18.7 Å². The van der Waals surface area contributed by atoms with Crippen LogP contribution in [0.3, 0.4) is 0 Å². The third kappa shape index (κ3) is 5.04. The number of fused-ring (bicyclic) bond motifs is 2. The van der Waals surface area contributed by atoms with E-state index in [4.69, 9.17) is 9.90 Å². The van der Waals surface area contributed by atoms with Crippen LogP contribution in [0.5, 0.6) is 0 Å². The Morgan fingerprint density at radius 3 is 2.56 bits per heavy atom. The summed E-state index contributed by atoms with van der Waals surface area (Å²) in [6, 6.07) is 13.9. The van der Waals surface area contributed by atoms with Crippen molar-refractivity contribution >= 4 is 33.4 Å². The van der Waals surface area contributed by atoms with E-state index in [0.717, 1.165) is 33.8 Å². The highest BCUT2D eigenvalue weighted by atomic mass is 32.1. The molecule has 0 aliphatic carbocycles. The normalized spacial score (nSPS) is 12.9. The molecule has 0 saturated carbocycles. The lowest BCUT2D eigenvalue weighted by Crippen LogP contribution is -2.26. The van der Waals surface area contributed by atoms with Crippen LogP contribution in [0.25, 0.3) is 21.3 Å². The van der Waals surface area contributed by atoms with Gasteiger partial charge in [-0.2, -0.15) is 13.2 Å². The van der Waals surface area contributed by atoms with Gasteiger partial charge in [-0.05, 0) is 29.8 Å². The second kappa shape index (κ2) is 9.56. The predicted octanol–water partition coefficient (Wildman–Crippen LogP) is 4.59. The average molecular weight is 486 g/mol. The number of benzene rings is 1. The van der Waals surface area contributed by atoms with Gasteiger partial charge in [0.25, 0.3) is 5.91 Å². The molecule has 1 N–H and O–H groups in total. The summed E-state index contributed by atoms with van der Waals surface area (Å²) in [6.45, 7) is 1.19. The number of halogens is 3. The lowest BCUT2D eigenvalue weighted by atomic mass is 10.0. The number of amides is 1. The molecule has 1 aromatic carbocycles. The lowest BCUT2D eigenvalue weighted by molar-refractivity contribution is -0.192. The van der Waals surface area contributed by atoms with Gasteiger partial charge in [-0.1, -0.05) is 18.2 Å². The molecule has 0 unspecified atom stereocenters. The zero-order chi connectivity index (χ0) is 24.3. The Morgan fingerprint density at radius 1 is 1.12 bits per heavy atom. The first kappa shape index (κ1) is 23.3. The van der Waals surface area contributed by atoms with E-state index in [2.05, 4.69) is 21.0 Å². The third-order valence-electron chi connectivity index (χ3n) is 5.02. The van der Waals surface area contributed by atoms with E-state index in [1.54, 1.807) is 29.9 Å². The number of aliphatic carboxylic acids is 1. The summed E-state index contributed by atoms with van der Waals surface area (Å²) in [5, 5.41) is 8.18. The number of carboxylic acids is 1. The van der Waals surface area contributed by atoms with Crippen molar-refractivity contribution in [3.05, 3.63) is 77.3 Å². The number of aromatic nitrogens is 3. The van der Waals surface area contributed by atoms with Gasteiger partial charge >= 0.3 is 12.1 Å². The van der Waals surface area contributed by atoms with Crippen LogP contribution in [0.1, 0.15) is 21.1 Å². The summed E-state index contributed by atoms with van der Waals surface area (Å²) in [6.07, 6.45) is 0.955. The van der Waals surface area contributed by atoms with Crippen molar-refractivity contribution in [1.29, 1.82) is 0 Å². The SMILES string of the molecule is O=C(O)C(F)(F)F.O=C1c2c(-c3cccnc3)ccnc2CN1CCc1nc2ccccc2s1. The van der Waals surface area contributed by atoms with E-state index in [-0.39, 0.29) is 5.91 Å². The van der Waals surface area contributed by atoms with Crippen molar-refractivity contribution in [2.75, 3.05) is 6.54 Å². The Bertz CT molecular complexity index is 1310. The molecule has 3 aromatic heterocycles. The maximum absolute atomic E-state index is 13.0. The molecule has 1 amide bonds. The van der Waals surface area contributed by atoms with Gasteiger partial charge in [0.1, 0.15) is 0 Å². The Labute approximate surface area is 195 Å². The number of pyridine rings is 2. The minimum atomic E-state index is -5.08. The number of hydrogen-bond donors (Lipinski definition) is 1. The highest BCUT2D eigenvalue weighted by Crippen LogP contribution is 2.31. The molecule has 0 bridgehead atoms. The standard InChI is InChI=1S/C21H16N4OS.C2HF3O2/c26-21-20-15(14-4-3-9-22-12-14)7-10-23-17(20)13-25(21)11-8-19-24-16-5-1-2-6-18(16)27-19;3-2(4,5)1(6)7/h1-7,9-10,12H,8,11,13H2;(H,6,7). The fourth-order valence-corrected chi connectivity index (χ4v) is 4.43. The average Bonchev–Trinajstić information content (AvgIpc) is 3.38. The molecule has 34 heavy (non-hydrogen) atoms. The summed E-state index contributed by atoms with van der Waals surface area (Å²) < 4.78 is 32.9. The fourth-order valence-electron chi connectivity index (χ4n) is 3.48. The molecule has 4 heterocycles.